The van der Waals surface area contributed by atoms with Crippen LogP contribution in [0.1, 0.15) is 60.8 Å². The first-order valence-corrected chi connectivity index (χ1v) is 13.4. The molecule has 0 aromatic heterocycles. The van der Waals surface area contributed by atoms with Crippen molar-refractivity contribution in [3.63, 3.8) is 0 Å². The van der Waals surface area contributed by atoms with Crippen molar-refractivity contribution < 1.29 is 0 Å². The molecule has 3 rings (SSSR count). The van der Waals surface area contributed by atoms with E-state index >= 15 is 0 Å². The molecule has 0 aromatic rings. The summed E-state index contributed by atoms with van der Waals surface area (Å²) in [6, 6.07) is 0. The molecule has 5 heteroatoms. The molecule has 0 saturated heterocycles. The molecule has 0 spiro atoms. The Labute approximate surface area is 174 Å². The minimum absolute atomic E-state index is 0.222. The van der Waals surface area contributed by atoms with Gasteiger partial charge in [-0.3, -0.25) is 0 Å². The second-order valence-corrected chi connectivity index (χ2v) is 13.6. The maximum atomic E-state index is 5.97. The van der Waals surface area contributed by atoms with Crippen LogP contribution in [-0.4, -0.2) is 4.86 Å². The lowest BCUT2D eigenvalue weighted by Crippen LogP contribution is -2.13. The van der Waals surface area contributed by atoms with Crippen molar-refractivity contribution in [1.29, 1.82) is 0 Å². The van der Waals surface area contributed by atoms with Crippen LogP contribution in [-0.2, 0) is 0 Å². The first-order valence-electron chi connectivity index (χ1n) is 8.72. The summed E-state index contributed by atoms with van der Waals surface area (Å²) in [6.45, 7) is 13.7. The molecular weight excluding hydrogens is 401 g/mol. The third-order valence-electron chi connectivity index (χ3n) is 4.44. The van der Waals surface area contributed by atoms with Crippen LogP contribution >= 0.6 is 55.4 Å². The number of hydrogen-bond acceptors (Lipinski definition) is 5. The quantitative estimate of drug-likeness (QED) is 0.215. The van der Waals surface area contributed by atoms with E-state index in [1.807, 2.05) is 43.2 Å². The average molecular weight is 427 g/mol. The highest BCUT2D eigenvalue weighted by Gasteiger charge is 2.30. The Morgan fingerprint density at radius 2 is 1.12 bits per heavy atom. The van der Waals surface area contributed by atoms with Crippen LogP contribution < -0.4 is 0 Å². The summed E-state index contributed by atoms with van der Waals surface area (Å²) in [5, 5.41) is 0. The van der Waals surface area contributed by atoms with Gasteiger partial charge in [0, 0.05) is 24.5 Å². The highest BCUT2D eigenvalue weighted by atomic mass is 33.1. The summed E-state index contributed by atoms with van der Waals surface area (Å²) >= 11 is 5.97. The summed E-state index contributed by atoms with van der Waals surface area (Å²) in [7, 11) is 7.63. The fraction of sp³-hybridized carbons (Fsp3) is 0.550. The molecule has 0 aromatic carbocycles. The lowest BCUT2D eigenvalue weighted by molar-refractivity contribution is 0.534. The van der Waals surface area contributed by atoms with E-state index < -0.39 is 0 Å². The topological polar surface area (TPSA) is 0 Å². The molecular formula is C20H26S5. The molecule has 0 bridgehead atoms. The van der Waals surface area contributed by atoms with Crippen LogP contribution in [0.15, 0.2) is 42.9 Å². The zero-order valence-electron chi connectivity index (χ0n) is 15.8. The van der Waals surface area contributed by atoms with Crippen molar-refractivity contribution in [3.05, 3.63) is 42.9 Å². The van der Waals surface area contributed by atoms with Crippen molar-refractivity contribution >= 4 is 60.3 Å². The number of rotatable bonds is 0. The minimum Gasteiger partial charge on any atom is -0.0794 e. The SMILES string of the molecule is CC(C)(C)C1=C/C(=C2\CCC/C(=C3/C=C(C(C)(C)C)SS3)C2=S)SS1. The molecule has 1 saturated carbocycles. The molecule has 0 amide bonds. The van der Waals surface area contributed by atoms with Crippen molar-refractivity contribution in [2.24, 2.45) is 10.8 Å². The van der Waals surface area contributed by atoms with E-state index in [9.17, 15) is 0 Å². The van der Waals surface area contributed by atoms with Gasteiger partial charge >= 0.3 is 0 Å². The van der Waals surface area contributed by atoms with Crippen molar-refractivity contribution in [3.8, 4) is 0 Å². The van der Waals surface area contributed by atoms with E-state index in [1.54, 1.807) is 0 Å². The van der Waals surface area contributed by atoms with Crippen LogP contribution in [0.4, 0.5) is 0 Å². The van der Waals surface area contributed by atoms with E-state index in [0.717, 1.165) is 17.7 Å². The molecule has 2 heterocycles. The second-order valence-electron chi connectivity index (χ2n) is 8.72. The first-order chi connectivity index (χ1) is 11.6. The van der Waals surface area contributed by atoms with E-state index in [4.69, 9.17) is 12.2 Å². The maximum absolute atomic E-state index is 5.97. The van der Waals surface area contributed by atoms with E-state index in [2.05, 4.69) is 53.7 Å². The molecule has 2 aliphatic heterocycles. The van der Waals surface area contributed by atoms with Gasteiger partial charge in [0.2, 0.25) is 0 Å². The monoisotopic (exact) mass is 426 g/mol. The van der Waals surface area contributed by atoms with Gasteiger partial charge in [-0.2, -0.15) is 0 Å². The number of thiocarbonyl (C=S) groups is 1. The Morgan fingerprint density at radius 3 is 1.44 bits per heavy atom. The summed E-state index contributed by atoms with van der Waals surface area (Å²) < 4.78 is 0. The molecule has 1 aliphatic carbocycles. The molecule has 136 valence electrons. The third-order valence-corrected chi connectivity index (χ3v) is 10.7. The fourth-order valence-electron chi connectivity index (χ4n) is 2.79. The van der Waals surface area contributed by atoms with Crippen LogP contribution in [0.25, 0.3) is 0 Å². The number of allylic oxidation sites excluding steroid dienone is 6. The Balaban J connectivity index is 1.94. The standard InChI is InChI=1S/C20H26S5/c1-19(2,3)16-10-14(22-24-16)12-8-7-9-13(18(12)21)15-11-17(25-23-15)20(4,5)6/h10-11H,7-9H2,1-6H3/b14-12-,15-13+. The molecule has 0 N–H and O–H groups in total. The molecule has 1 fully saturated rings. The molecule has 3 aliphatic rings. The van der Waals surface area contributed by atoms with Gasteiger partial charge in [-0.25, -0.2) is 0 Å². The van der Waals surface area contributed by atoms with Crippen LogP contribution in [0.3, 0.4) is 0 Å². The summed E-state index contributed by atoms with van der Waals surface area (Å²) in [5.41, 5.74) is 3.26. The van der Waals surface area contributed by atoms with Crippen molar-refractivity contribution in [2.45, 2.75) is 60.8 Å². The molecule has 0 unspecified atom stereocenters. The van der Waals surface area contributed by atoms with Crippen molar-refractivity contribution in [1.82, 2.24) is 0 Å². The molecule has 0 nitrogen and oxygen atoms in total. The summed E-state index contributed by atoms with van der Waals surface area (Å²) in [6.07, 6.45) is 8.24. The molecule has 0 atom stereocenters. The first kappa shape index (κ1) is 20.2. The number of hydrogen-bond donors (Lipinski definition) is 0. The Morgan fingerprint density at radius 1 is 0.720 bits per heavy atom. The maximum Gasteiger partial charge on any atom is 0.0464 e. The van der Waals surface area contributed by atoms with Gasteiger partial charge in [-0.15, -0.1) is 0 Å². The Kier molecular flexibility index (Phi) is 6.03. The smallest absolute Gasteiger partial charge is 0.0464 e. The van der Waals surface area contributed by atoms with Gasteiger partial charge in [0.05, 0.1) is 0 Å². The average Bonchev–Trinajstić information content (AvgIpc) is 3.16. The van der Waals surface area contributed by atoms with E-state index in [0.29, 0.717) is 0 Å². The highest BCUT2D eigenvalue weighted by Crippen LogP contribution is 2.56. The largest absolute Gasteiger partial charge is 0.0794 e. The minimum atomic E-state index is 0.222. The summed E-state index contributed by atoms with van der Waals surface area (Å²) in [4.78, 5) is 6.84. The van der Waals surface area contributed by atoms with Gasteiger partial charge < -0.3 is 0 Å². The van der Waals surface area contributed by atoms with Gasteiger partial charge in [-0.1, -0.05) is 96.9 Å². The predicted molar refractivity (Wildman–Crippen MR) is 126 cm³/mol. The Bertz CT molecular complexity index is 660. The third kappa shape index (κ3) is 4.48. The van der Waals surface area contributed by atoms with Crippen LogP contribution in [0.2, 0.25) is 0 Å². The van der Waals surface area contributed by atoms with Crippen LogP contribution in [0, 0.1) is 10.8 Å². The zero-order valence-corrected chi connectivity index (χ0v) is 19.9. The normalized spacial score (nSPS) is 28.5. The van der Waals surface area contributed by atoms with Gasteiger partial charge in [0.15, 0.2) is 0 Å². The predicted octanol–water partition coefficient (Wildman–Crippen LogP) is 8.70. The van der Waals surface area contributed by atoms with E-state index in [-0.39, 0.29) is 10.8 Å². The van der Waals surface area contributed by atoms with Gasteiger partial charge in [-0.05, 0) is 53.4 Å². The van der Waals surface area contributed by atoms with E-state index in [1.165, 1.54) is 37.2 Å². The fourth-order valence-corrected chi connectivity index (χ4v) is 9.39. The molecule has 0 radical (unpaired) electrons. The lowest BCUT2D eigenvalue weighted by atomic mass is 9.88. The zero-order chi connectivity index (χ0) is 18.4. The van der Waals surface area contributed by atoms with Gasteiger partial charge in [0.25, 0.3) is 0 Å². The summed E-state index contributed by atoms with van der Waals surface area (Å²) in [5.74, 6) is 0. The second kappa shape index (κ2) is 7.46. The Hall–Kier alpha value is 0.450. The van der Waals surface area contributed by atoms with Crippen LogP contribution in [0.5, 0.6) is 0 Å². The molecule has 25 heavy (non-hydrogen) atoms. The highest BCUT2D eigenvalue weighted by molar-refractivity contribution is 8.80. The van der Waals surface area contributed by atoms with Crippen molar-refractivity contribution in [2.75, 3.05) is 0 Å². The lowest BCUT2D eigenvalue weighted by Gasteiger charge is -2.21. The van der Waals surface area contributed by atoms with Gasteiger partial charge in [0.1, 0.15) is 0 Å².